The Balaban J connectivity index is 1.77. The summed E-state index contributed by atoms with van der Waals surface area (Å²) in [5.41, 5.74) is 1.42. The molecule has 3 aromatic rings. The lowest BCUT2D eigenvalue weighted by molar-refractivity contribution is -0.116. The maximum Gasteiger partial charge on any atom is 0.264 e. The zero-order chi connectivity index (χ0) is 19.3. The summed E-state index contributed by atoms with van der Waals surface area (Å²) in [6, 6.07) is 5.22. The summed E-state index contributed by atoms with van der Waals surface area (Å²) < 4.78 is 42.4. The van der Waals surface area contributed by atoms with E-state index in [4.69, 9.17) is 23.2 Å². The predicted octanol–water partition coefficient (Wildman–Crippen LogP) is 4.30. The lowest BCUT2D eigenvalue weighted by atomic mass is 10.0. The van der Waals surface area contributed by atoms with Crippen LogP contribution in [0.25, 0.3) is 10.9 Å². The number of rotatable bonds is 3. The van der Waals surface area contributed by atoms with E-state index < -0.39 is 20.7 Å². The Bertz CT molecular complexity index is 1210. The summed E-state index contributed by atoms with van der Waals surface area (Å²) in [5, 5.41) is 3.69. The van der Waals surface area contributed by atoms with E-state index >= 15 is 0 Å². The van der Waals surface area contributed by atoms with Crippen molar-refractivity contribution < 1.29 is 17.6 Å². The van der Waals surface area contributed by atoms with E-state index in [1.165, 1.54) is 24.4 Å². The molecule has 0 unspecified atom stereocenters. The van der Waals surface area contributed by atoms with Crippen molar-refractivity contribution in [1.29, 1.82) is 0 Å². The molecule has 0 saturated carbocycles. The van der Waals surface area contributed by atoms with Crippen molar-refractivity contribution in [2.45, 2.75) is 17.7 Å². The minimum absolute atomic E-state index is 0.187. The third-order valence-electron chi connectivity index (χ3n) is 4.32. The second-order valence-corrected chi connectivity index (χ2v) is 8.54. The van der Waals surface area contributed by atoms with Crippen LogP contribution in [0.15, 0.2) is 35.4 Å². The topological polar surface area (TPSA) is 91.1 Å². The fourth-order valence-electron chi connectivity index (χ4n) is 3.04. The molecule has 0 saturated heterocycles. The van der Waals surface area contributed by atoms with Crippen LogP contribution in [0.4, 0.5) is 15.8 Å². The molecule has 0 atom stereocenters. The molecule has 1 aliphatic rings. The maximum absolute atomic E-state index is 14.5. The minimum atomic E-state index is -4.23. The molecule has 0 bridgehead atoms. The number of aromatic amines is 1. The zero-order valence-corrected chi connectivity index (χ0v) is 15.9. The molecule has 10 heteroatoms. The van der Waals surface area contributed by atoms with Crippen molar-refractivity contribution >= 4 is 61.4 Å². The Morgan fingerprint density at radius 1 is 1.11 bits per heavy atom. The smallest absolute Gasteiger partial charge is 0.264 e. The van der Waals surface area contributed by atoms with Crippen LogP contribution < -0.4 is 10.0 Å². The lowest BCUT2D eigenvalue weighted by Gasteiger charge is -2.18. The number of halogens is 3. The standard InChI is InChI=1S/C17H12Cl2FN3O3S/c18-9-2-3-12(17-16(9)10(19)7-21-17)23-27(25,26)14-5-8-1-4-15(24)22-13(8)6-11(14)20/h2-3,5-7,21,23H,1,4H2,(H,22,24). The summed E-state index contributed by atoms with van der Waals surface area (Å²) in [4.78, 5) is 13.8. The van der Waals surface area contributed by atoms with Crippen LogP contribution in [0.5, 0.6) is 0 Å². The Hall–Kier alpha value is -2.29. The van der Waals surface area contributed by atoms with Gasteiger partial charge in [-0.1, -0.05) is 23.2 Å². The number of sulfonamides is 1. The molecule has 3 N–H and O–H groups in total. The SMILES string of the molecule is O=C1CCc2cc(S(=O)(=O)Nc3ccc(Cl)c4c(Cl)c[nH]c34)c(F)cc2N1. The van der Waals surface area contributed by atoms with Crippen LogP contribution in [0.3, 0.4) is 0 Å². The van der Waals surface area contributed by atoms with Crippen LogP contribution in [-0.2, 0) is 21.2 Å². The van der Waals surface area contributed by atoms with E-state index in [1.807, 2.05) is 0 Å². The van der Waals surface area contributed by atoms with Crippen molar-refractivity contribution in [2.24, 2.45) is 0 Å². The van der Waals surface area contributed by atoms with Crippen LogP contribution in [-0.4, -0.2) is 19.3 Å². The minimum Gasteiger partial charge on any atom is -0.358 e. The summed E-state index contributed by atoms with van der Waals surface area (Å²) in [6.07, 6.45) is 2.03. The summed E-state index contributed by atoms with van der Waals surface area (Å²) in [5.74, 6) is -1.19. The van der Waals surface area contributed by atoms with Gasteiger partial charge in [-0.2, -0.15) is 0 Å². The highest BCUT2D eigenvalue weighted by Gasteiger charge is 2.25. The van der Waals surface area contributed by atoms with Gasteiger partial charge in [0.15, 0.2) is 0 Å². The number of hydrogen-bond acceptors (Lipinski definition) is 3. The number of aryl methyl sites for hydroxylation is 1. The molecule has 0 aliphatic carbocycles. The highest BCUT2D eigenvalue weighted by atomic mass is 35.5. The quantitative estimate of drug-likeness (QED) is 0.581. The maximum atomic E-state index is 14.5. The number of benzene rings is 2. The van der Waals surface area contributed by atoms with Crippen molar-refractivity contribution in [3.63, 3.8) is 0 Å². The number of H-pyrrole nitrogens is 1. The largest absolute Gasteiger partial charge is 0.358 e. The van der Waals surface area contributed by atoms with E-state index in [0.29, 0.717) is 32.9 Å². The van der Waals surface area contributed by atoms with E-state index in [2.05, 4.69) is 15.0 Å². The Kier molecular flexibility index (Phi) is 4.29. The molecule has 0 radical (unpaired) electrons. The number of hydrogen-bond donors (Lipinski definition) is 3. The molecule has 140 valence electrons. The van der Waals surface area contributed by atoms with Crippen LogP contribution >= 0.6 is 23.2 Å². The average Bonchev–Trinajstić information content (AvgIpc) is 2.99. The third-order valence-corrected chi connectivity index (χ3v) is 6.32. The van der Waals surface area contributed by atoms with Gasteiger partial charge in [0.1, 0.15) is 10.7 Å². The molecule has 0 spiro atoms. The van der Waals surface area contributed by atoms with E-state index in [0.717, 1.165) is 6.07 Å². The van der Waals surface area contributed by atoms with Gasteiger partial charge >= 0.3 is 0 Å². The number of fused-ring (bicyclic) bond motifs is 2. The van der Waals surface area contributed by atoms with Gasteiger partial charge in [0.25, 0.3) is 10.0 Å². The first-order valence-corrected chi connectivity index (χ1v) is 10.1. The Labute approximate surface area is 163 Å². The molecule has 1 aliphatic heterocycles. The van der Waals surface area contributed by atoms with Crippen molar-refractivity contribution in [2.75, 3.05) is 10.0 Å². The molecular weight excluding hydrogens is 416 g/mol. The van der Waals surface area contributed by atoms with E-state index in [1.54, 1.807) is 0 Å². The first-order chi connectivity index (χ1) is 12.8. The molecule has 2 aromatic carbocycles. The molecular formula is C17H12Cl2FN3O3S. The predicted molar refractivity (Wildman–Crippen MR) is 102 cm³/mol. The lowest BCUT2D eigenvalue weighted by Crippen LogP contribution is -2.21. The van der Waals surface area contributed by atoms with Crippen molar-refractivity contribution in [3.8, 4) is 0 Å². The van der Waals surface area contributed by atoms with Crippen molar-refractivity contribution in [3.05, 3.63) is 51.9 Å². The van der Waals surface area contributed by atoms with Gasteiger partial charge in [0, 0.05) is 23.7 Å². The fourth-order valence-corrected chi connectivity index (χ4v) is 4.78. The molecule has 0 fully saturated rings. The number of anilines is 2. The Morgan fingerprint density at radius 2 is 1.89 bits per heavy atom. The van der Waals surface area contributed by atoms with Gasteiger partial charge in [-0.3, -0.25) is 9.52 Å². The second-order valence-electron chi connectivity index (χ2n) is 6.08. The fraction of sp³-hybridized carbons (Fsp3) is 0.118. The highest BCUT2D eigenvalue weighted by molar-refractivity contribution is 7.92. The number of aromatic nitrogens is 1. The molecule has 1 amide bonds. The first-order valence-electron chi connectivity index (χ1n) is 7.86. The van der Waals surface area contributed by atoms with Gasteiger partial charge in [-0.05, 0) is 36.2 Å². The monoisotopic (exact) mass is 427 g/mol. The highest BCUT2D eigenvalue weighted by Crippen LogP contribution is 2.36. The third kappa shape index (κ3) is 3.13. The summed E-state index contributed by atoms with van der Waals surface area (Å²) in [6.45, 7) is 0. The van der Waals surface area contributed by atoms with Gasteiger partial charge in [-0.15, -0.1) is 0 Å². The molecule has 4 rings (SSSR count). The van der Waals surface area contributed by atoms with Crippen LogP contribution in [0, 0.1) is 5.82 Å². The Morgan fingerprint density at radius 3 is 2.67 bits per heavy atom. The normalized spacial score (nSPS) is 14.1. The number of carbonyl (C=O) groups is 1. The van der Waals surface area contributed by atoms with E-state index in [-0.39, 0.29) is 23.7 Å². The van der Waals surface area contributed by atoms with E-state index in [9.17, 15) is 17.6 Å². The zero-order valence-electron chi connectivity index (χ0n) is 13.6. The summed E-state index contributed by atoms with van der Waals surface area (Å²) >= 11 is 12.2. The van der Waals surface area contributed by atoms with Gasteiger partial charge < -0.3 is 10.3 Å². The molecule has 2 heterocycles. The van der Waals surface area contributed by atoms with Crippen LogP contribution in [0.2, 0.25) is 10.0 Å². The van der Waals surface area contributed by atoms with Crippen molar-refractivity contribution in [1.82, 2.24) is 4.98 Å². The average molecular weight is 428 g/mol. The summed E-state index contributed by atoms with van der Waals surface area (Å²) in [7, 11) is -4.23. The van der Waals surface area contributed by atoms with Crippen LogP contribution in [0.1, 0.15) is 12.0 Å². The molecule has 27 heavy (non-hydrogen) atoms. The van der Waals surface area contributed by atoms with Gasteiger partial charge in [0.05, 0.1) is 21.2 Å². The number of nitrogens with one attached hydrogen (secondary N) is 3. The molecule has 1 aromatic heterocycles. The van der Waals surface area contributed by atoms with Gasteiger partial charge in [0.2, 0.25) is 5.91 Å². The number of carbonyl (C=O) groups excluding carboxylic acids is 1. The van der Waals surface area contributed by atoms with Gasteiger partial charge in [-0.25, -0.2) is 12.8 Å². The molecule has 6 nitrogen and oxygen atoms in total. The second kappa shape index (κ2) is 6.40. The first kappa shape index (κ1) is 18.1. The number of amides is 1.